The maximum atomic E-state index is 13.3. The molecule has 0 heterocycles. The summed E-state index contributed by atoms with van der Waals surface area (Å²) in [4.78, 5) is 49.5. The molecular formula is C27H32O6. The van der Waals surface area contributed by atoms with Crippen LogP contribution in [0.3, 0.4) is 0 Å². The van der Waals surface area contributed by atoms with Crippen LogP contribution in [-0.4, -0.2) is 30.6 Å². The zero-order valence-electron chi connectivity index (χ0n) is 19.4. The van der Waals surface area contributed by atoms with Crippen LogP contribution in [0.2, 0.25) is 0 Å². The number of aldehydes is 1. The largest absolute Gasteiger partial charge is 0.513 e. The molecular weight excluding hydrogens is 420 g/mol. The van der Waals surface area contributed by atoms with Crippen LogP contribution in [0.25, 0.3) is 0 Å². The number of hydrogen-bond donors (Lipinski definition) is 0. The third-order valence-corrected chi connectivity index (χ3v) is 5.30. The summed E-state index contributed by atoms with van der Waals surface area (Å²) < 4.78 is 10.3. The van der Waals surface area contributed by atoms with Crippen molar-refractivity contribution in [2.24, 2.45) is 0 Å². The summed E-state index contributed by atoms with van der Waals surface area (Å²) in [5.41, 5.74) is 0.783. The topological polar surface area (TPSA) is 86.7 Å². The third kappa shape index (κ3) is 7.97. The fourth-order valence-corrected chi connectivity index (χ4v) is 3.37. The van der Waals surface area contributed by atoms with Gasteiger partial charge in [-0.05, 0) is 31.0 Å². The van der Waals surface area contributed by atoms with E-state index >= 15 is 0 Å². The van der Waals surface area contributed by atoms with E-state index in [1.54, 1.807) is 18.2 Å². The SMILES string of the molecule is CCCCCCCC(=O)c1ccc(OC(=O)OCCCC)c(C(=O)c2ccccc2C=O)c1. The van der Waals surface area contributed by atoms with E-state index in [9.17, 15) is 19.2 Å². The molecule has 0 aromatic heterocycles. The van der Waals surface area contributed by atoms with Gasteiger partial charge in [-0.25, -0.2) is 4.79 Å². The third-order valence-electron chi connectivity index (χ3n) is 5.30. The Kier molecular flexibility index (Phi) is 11.0. The molecule has 0 aliphatic rings. The molecule has 0 saturated carbocycles. The molecule has 0 atom stereocenters. The van der Waals surface area contributed by atoms with E-state index in [0.717, 1.165) is 38.5 Å². The number of Topliss-reactive ketones (excluding diaryl/α,β-unsaturated/α-hetero) is 1. The Morgan fingerprint density at radius 3 is 2.30 bits per heavy atom. The summed E-state index contributed by atoms with van der Waals surface area (Å²) in [7, 11) is 0. The zero-order chi connectivity index (χ0) is 24.1. The number of ketones is 2. The Bertz CT molecular complexity index is 963. The fourth-order valence-electron chi connectivity index (χ4n) is 3.37. The minimum absolute atomic E-state index is 0.0123. The maximum Gasteiger partial charge on any atom is 0.513 e. The van der Waals surface area contributed by atoms with E-state index < -0.39 is 11.9 Å². The van der Waals surface area contributed by atoms with Crippen molar-refractivity contribution in [3.05, 3.63) is 64.7 Å². The van der Waals surface area contributed by atoms with Crippen molar-refractivity contribution >= 4 is 24.0 Å². The van der Waals surface area contributed by atoms with Crippen LogP contribution >= 0.6 is 0 Å². The first-order valence-corrected chi connectivity index (χ1v) is 11.6. The first-order chi connectivity index (χ1) is 16.0. The van der Waals surface area contributed by atoms with Gasteiger partial charge >= 0.3 is 6.16 Å². The summed E-state index contributed by atoms with van der Waals surface area (Å²) in [6.45, 7) is 4.31. The van der Waals surface area contributed by atoms with Crippen LogP contribution in [0, 0.1) is 0 Å². The molecule has 2 rings (SSSR count). The van der Waals surface area contributed by atoms with Gasteiger partial charge in [-0.1, -0.05) is 70.2 Å². The van der Waals surface area contributed by atoms with Crippen molar-refractivity contribution in [1.29, 1.82) is 0 Å². The van der Waals surface area contributed by atoms with Crippen molar-refractivity contribution in [1.82, 2.24) is 0 Å². The van der Waals surface area contributed by atoms with E-state index in [2.05, 4.69) is 6.92 Å². The highest BCUT2D eigenvalue weighted by Crippen LogP contribution is 2.26. The molecule has 0 N–H and O–H groups in total. The fraction of sp³-hybridized carbons (Fsp3) is 0.407. The predicted molar refractivity (Wildman–Crippen MR) is 126 cm³/mol. The van der Waals surface area contributed by atoms with Gasteiger partial charge in [0.05, 0.1) is 12.2 Å². The Hall–Kier alpha value is -3.28. The molecule has 0 spiro atoms. The Morgan fingerprint density at radius 1 is 0.848 bits per heavy atom. The molecule has 2 aromatic carbocycles. The number of unbranched alkanes of at least 4 members (excludes halogenated alkanes) is 5. The standard InChI is InChI=1S/C27H32O6/c1-3-5-7-8-9-14-24(29)20-15-16-25(33-27(31)32-17-6-4-2)23(18-20)26(30)22-13-11-10-12-21(22)19-28/h10-13,15-16,18-19H,3-9,14,17H2,1-2H3. The van der Waals surface area contributed by atoms with Crippen molar-refractivity contribution < 1.29 is 28.7 Å². The number of rotatable bonds is 14. The second-order valence-corrected chi connectivity index (χ2v) is 7.89. The second-order valence-electron chi connectivity index (χ2n) is 7.89. The van der Waals surface area contributed by atoms with E-state index in [1.165, 1.54) is 24.3 Å². The van der Waals surface area contributed by atoms with Gasteiger partial charge < -0.3 is 9.47 Å². The van der Waals surface area contributed by atoms with Gasteiger partial charge in [-0.2, -0.15) is 0 Å². The highest BCUT2D eigenvalue weighted by atomic mass is 16.7. The molecule has 33 heavy (non-hydrogen) atoms. The van der Waals surface area contributed by atoms with Crippen molar-refractivity contribution in [3.8, 4) is 5.75 Å². The highest BCUT2D eigenvalue weighted by Gasteiger charge is 2.22. The first kappa shape index (κ1) is 26.0. The summed E-state index contributed by atoms with van der Waals surface area (Å²) in [5.74, 6) is -0.602. The highest BCUT2D eigenvalue weighted by molar-refractivity contribution is 6.15. The van der Waals surface area contributed by atoms with Crippen LogP contribution in [0.5, 0.6) is 5.75 Å². The van der Waals surface area contributed by atoms with Gasteiger partial charge in [-0.3, -0.25) is 14.4 Å². The minimum atomic E-state index is -0.920. The average molecular weight is 453 g/mol. The molecule has 0 bridgehead atoms. The molecule has 0 unspecified atom stereocenters. The van der Waals surface area contributed by atoms with Crippen molar-refractivity contribution in [3.63, 3.8) is 0 Å². The van der Waals surface area contributed by atoms with Gasteiger partial charge in [0, 0.05) is 23.1 Å². The lowest BCUT2D eigenvalue weighted by molar-refractivity contribution is 0.0958. The van der Waals surface area contributed by atoms with E-state index in [-0.39, 0.29) is 34.8 Å². The normalized spacial score (nSPS) is 10.5. The van der Waals surface area contributed by atoms with Crippen LogP contribution < -0.4 is 4.74 Å². The van der Waals surface area contributed by atoms with Crippen LogP contribution in [0.4, 0.5) is 4.79 Å². The predicted octanol–water partition coefficient (Wildman–Crippen LogP) is 6.59. The number of carbonyl (C=O) groups excluding carboxylic acids is 4. The first-order valence-electron chi connectivity index (χ1n) is 11.6. The smallest absolute Gasteiger partial charge is 0.434 e. The van der Waals surface area contributed by atoms with Crippen LogP contribution in [0.1, 0.15) is 102 Å². The monoisotopic (exact) mass is 452 g/mol. The lowest BCUT2D eigenvalue weighted by atomic mass is 9.95. The van der Waals surface area contributed by atoms with E-state index in [0.29, 0.717) is 24.7 Å². The molecule has 2 aromatic rings. The lowest BCUT2D eigenvalue weighted by Gasteiger charge is -2.12. The number of hydrogen-bond acceptors (Lipinski definition) is 6. The number of benzene rings is 2. The Morgan fingerprint density at radius 2 is 1.58 bits per heavy atom. The molecule has 176 valence electrons. The van der Waals surface area contributed by atoms with Gasteiger partial charge in [0.25, 0.3) is 0 Å². The van der Waals surface area contributed by atoms with Crippen LogP contribution in [-0.2, 0) is 4.74 Å². The summed E-state index contributed by atoms with van der Waals surface area (Å²) in [5, 5.41) is 0. The van der Waals surface area contributed by atoms with E-state index in [4.69, 9.17) is 9.47 Å². The van der Waals surface area contributed by atoms with Gasteiger partial charge in [0.2, 0.25) is 0 Å². The molecule has 0 aliphatic carbocycles. The van der Waals surface area contributed by atoms with Gasteiger partial charge in [-0.15, -0.1) is 0 Å². The van der Waals surface area contributed by atoms with Gasteiger partial charge in [0.1, 0.15) is 5.75 Å². The lowest BCUT2D eigenvalue weighted by Crippen LogP contribution is -2.15. The summed E-state index contributed by atoms with van der Waals surface area (Å²) >= 11 is 0. The maximum absolute atomic E-state index is 13.3. The molecule has 0 saturated heterocycles. The molecule has 0 amide bonds. The van der Waals surface area contributed by atoms with E-state index in [1.807, 2.05) is 6.92 Å². The Labute approximate surface area is 195 Å². The molecule has 0 radical (unpaired) electrons. The second kappa shape index (κ2) is 14.0. The summed E-state index contributed by atoms with van der Waals surface area (Å²) in [6.07, 6.45) is 6.71. The molecule has 6 nitrogen and oxygen atoms in total. The minimum Gasteiger partial charge on any atom is -0.434 e. The number of ether oxygens (including phenoxy) is 2. The van der Waals surface area contributed by atoms with Crippen LogP contribution in [0.15, 0.2) is 42.5 Å². The zero-order valence-corrected chi connectivity index (χ0v) is 19.4. The average Bonchev–Trinajstić information content (AvgIpc) is 2.83. The van der Waals surface area contributed by atoms with Crippen molar-refractivity contribution in [2.45, 2.75) is 65.2 Å². The summed E-state index contributed by atoms with van der Waals surface area (Å²) in [6, 6.07) is 10.8. The Balaban J connectivity index is 2.30. The van der Waals surface area contributed by atoms with Crippen molar-refractivity contribution in [2.75, 3.05) is 6.61 Å². The molecule has 6 heteroatoms. The van der Waals surface area contributed by atoms with Gasteiger partial charge in [0.15, 0.2) is 17.9 Å². The molecule has 0 aliphatic heterocycles. The number of carbonyl (C=O) groups is 4. The quantitative estimate of drug-likeness (QED) is 0.106. The molecule has 0 fully saturated rings.